The Balaban J connectivity index is 1.35. The number of carbonyl (C=O) groups excluding carboxylic acids is 1. The van der Waals surface area contributed by atoms with Crippen LogP contribution in [-0.4, -0.2) is 61.9 Å². The Morgan fingerprint density at radius 1 is 1.31 bits per heavy atom. The molecule has 0 saturated carbocycles. The molecular formula is C18H22N6O2. The van der Waals surface area contributed by atoms with E-state index < -0.39 is 0 Å². The van der Waals surface area contributed by atoms with Gasteiger partial charge in [-0.15, -0.1) is 0 Å². The van der Waals surface area contributed by atoms with E-state index in [4.69, 9.17) is 4.42 Å². The second kappa shape index (κ2) is 6.80. The molecule has 4 heterocycles. The minimum absolute atomic E-state index is 0.0451. The van der Waals surface area contributed by atoms with Crippen molar-refractivity contribution in [1.82, 2.24) is 29.8 Å². The van der Waals surface area contributed by atoms with Gasteiger partial charge in [-0.1, -0.05) is 0 Å². The highest BCUT2D eigenvalue weighted by atomic mass is 16.3. The van der Waals surface area contributed by atoms with Gasteiger partial charge in [0.2, 0.25) is 0 Å². The Hall–Kier alpha value is -2.87. The summed E-state index contributed by atoms with van der Waals surface area (Å²) < 4.78 is 7.18. The molecule has 0 unspecified atom stereocenters. The molecule has 1 aliphatic rings. The molecule has 0 spiro atoms. The highest BCUT2D eigenvalue weighted by Gasteiger charge is 2.24. The highest BCUT2D eigenvalue weighted by molar-refractivity contribution is 5.93. The standard InChI is InChI=1S/C18H22N6O2/c1-13-14(11-22(2)21-13)12-23-5-7-24(8-6-23)18(25)16-10-15(19-20-16)17-4-3-9-26-17/h3-4,9-11H,5-8,12H2,1-2H3,(H,19,20). The first kappa shape index (κ1) is 16.6. The van der Waals surface area contributed by atoms with E-state index in [1.165, 1.54) is 5.56 Å². The van der Waals surface area contributed by atoms with Gasteiger partial charge in [0.05, 0.1) is 12.0 Å². The maximum Gasteiger partial charge on any atom is 0.274 e. The Kier molecular flexibility index (Phi) is 4.34. The van der Waals surface area contributed by atoms with Gasteiger partial charge >= 0.3 is 0 Å². The van der Waals surface area contributed by atoms with Gasteiger partial charge in [0, 0.05) is 57.6 Å². The molecule has 0 aliphatic carbocycles. The lowest BCUT2D eigenvalue weighted by atomic mass is 10.2. The normalized spacial score (nSPS) is 15.5. The Morgan fingerprint density at radius 2 is 2.12 bits per heavy atom. The molecule has 0 bridgehead atoms. The van der Waals surface area contributed by atoms with Crippen LogP contribution in [0.4, 0.5) is 0 Å². The van der Waals surface area contributed by atoms with Gasteiger partial charge in [-0.25, -0.2) is 0 Å². The van der Waals surface area contributed by atoms with Crippen LogP contribution in [0.25, 0.3) is 11.5 Å². The molecule has 1 saturated heterocycles. The fraction of sp³-hybridized carbons (Fsp3) is 0.389. The van der Waals surface area contributed by atoms with Gasteiger partial charge in [-0.05, 0) is 19.1 Å². The van der Waals surface area contributed by atoms with Gasteiger partial charge in [-0.2, -0.15) is 10.2 Å². The zero-order chi connectivity index (χ0) is 18.1. The van der Waals surface area contributed by atoms with Crippen LogP contribution in [-0.2, 0) is 13.6 Å². The highest BCUT2D eigenvalue weighted by Crippen LogP contribution is 2.19. The van der Waals surface area contributed by atoms with Crippen LogP contribution in [0, 0.1) is 6.92 Å². The summed E-state index contributed by atoms with van der Waals surface area (Å²) in [6.45, 7) is 5.98. The van der Waals surface area contributed by atoms with Crippen molar-refractivity contribution in [3.05, 3.63) is 47.6 Å². The summed E-state index contributed by atoms with van der Waals surface area (Å²) in [5.74, 6) is 0.629. The van der Waals surface area contributed by atoms with Crippen molar-refractivity contribution in [2.45, 2.75) is 13.5 Å². The lowest BCUT2D eigenvalue weighted by molar-refractivity contribution is 0.0622. The number of aromatic nitrogens is 4. The van der Waals surface area contributed by atoms with Crippen LogP contribution in [0.3, 0.4) is 0 Å². The van der Waals surface area contributed by atoms with Crippen molar-refractivity contribution in [1.29, 1.82) is 0 Å². The number of furan rings is 1. The first-order chi connectivity index (χ1) is 12.6. The third-order valence-electron chi connectivity index (χ3n) is 4.75. The summed E-state index contributed by atoms with van der Waals surface area (Å²) in [7, 11) is 1.94. The lowest BCUT2D eigenvalue weighted by Gasteiger charge is -2.34. The minimum atomic E-state index is -0.0451. The Morgan fingerprint density at radius 3 is 2.77 bits per heavy atom. The van der Waals surface area contributed by atoms with Gasteiger partial charge in [0.15, 0.2) is 11.5 Å². The fourth-order valence-corrected chi connectivity index (χ4v) is 3.31. The van der Waals surface area contributed by atoms with E-state index in [0.29, 0.717) is 30.2 Å². The average molecular weight is 354 g/mol. The van der Waals surface area contributed by atoms with Crippen molar-refractivity contribution in [2.24, 2.45) is 7.05 Å². The monoisotopic (exact) mass is 354 g/mol. The molecule has 0 atom stereocenters. The van der Waals surface area contributed by atoms with Crippen molar-refractivity contribution >= 4 is 5.91 Å². The summed E-state index contributed by atoms with van der Waals surface area (Å²) in [4.78, 5) is 16.9. The first-order valence-electron chi connectivity index (χ1n) is 8.70. The zero-order valence-corrected chi connectivity index (χ0v) is 15.0. The van der Waals surface area contributed by atoms with Crippen molar-refractivity contribution in [2.75, 3.05) is 26.2 Å². The molecular weight excluding hydrogens is 332 g/mol. The summed E-state index contributed by atoms with van der Waals surface area (Å²) in [6.07, 6.45) is 3.66. The number of amides is 1. The molecule has 0 radical (unpaired) electrons. The van der Waals surface area contributed by atoms with E-state index in [1.807, 2.05) is 29.6 Å². The molecule has 8 heteroatoms. The van der Waals surface area contributed by atoms with Crippen molar-refractivity contribution < 1.29 is 9.21 Å². The summed E-state index contributed by atoms with van der Waals surface area (Å²) in [5, 5.41) is 11.4. The SMILES string of the molecule is Cc1nn(C)cc1CN1CCN(C(=O)c2cc(-c3ccco3)[nH]n2)CC1. The van der Waals surface area contributed by atoms with Gasteiger partial charge < -0.3 is 9.32 Å². The number of hydrogen-bond donors (Lipinski definition) is 1. The predicted molar refractivity (Wildman–Crippen MR) is 95.4 cm³/mol. The van der Waals surface area contributed by atoms with Gasteiger partial charge in [0.1, 0.15) is 5.69 Å². The number of H-pyrrole nitrogens is 1. The van der Waals surface area contributed by atoms with Crippen LogP contribution >= 0.6 is 0 Å². The third kappa shape index (κ3) is 3.28. The third-order valence-corrected chi connectivity index (χ3v) is 4.75. The van der Waals surface area contributed by atoms with Gasteiger partial charge in [-0.3, -0.25) is 19.5 Å². The number of rotatable bonds is 4. The number of aryl methyl sites for hydroxylation is 2. The molecule has 3 aromatic heterocycles. The molecule has 0 aromatic carbocycles. The summed E-state index contributed by atoms with van der Waals surface area (Å²) in [5.41, 5.74) is 3.44. The molecule has 1 aliphatic heterocycles. The van der Waals surface area contributed by atoms with Crippen LogP contribution in [0.5, 0.6) is 0 Å². The largest absolute Gasteiger partial charge is 0.463 e. The van der Waals surface area contributed by atoms with E-state index in [9.17, 15) is 4.79 Å². The van der Waals surface area contributed by atoms with Crippen LogP contribution in [0.2, 0.25) is 0 Å². The smallest absolute Gasteiger partial charge is 0.274 e. The number of aromatic amines is 1. The number of carbonyl (C=O) groups is 1. The topological polar surface area (TPSA) is 83.2 Å². The van der Waals surface area contributed by atoms with Crippen LogP contribution in [0.15, 0.2) is 35.1 Å². The van der Waals surface area contributed by atoms with E-state index in [0.717, 1.165) is 25.3 Å². The Bertz CT molecular complexity index is 887. The van der Waals surface area contributed by atoms with E-state index in [2.05, 4.69) is 26.4 Å². The van der Waals surface area contributed by atoms with E-state index >= 15 is 0 Å². The minimum Gasteiger partial charge on any atom is -0.463 e. The average Bonchev–Trinajstić information content (AvgIpc) is 3.36. The number of nitrogens with zero attached hydrogens (tertiary/aromatic N) is 5. The second-order valence-corrected chi connectivity index (χ2v) is 6.63. The zero-order valence-electron chi connectivity index (χ0n) is 15.0. The molecule has 1 fully saturated rings. The fourth-order valence-electron chi connectivity index (χ4n) is 3.31. The predicted octanol–water partition coefficient (Wildman–Crippen LogP) is 1.67. The molecule has 1 N–H and O–H groups in total. The Labute approximate surface area is 151 Å². The molecule has 26 heavy (non-hydrogen) atoms. The number of hydrogen-bond acceptors (Lipinski definition) is 5. The number of piperazine rings is 1. The quantitative estimate of drug-likeness (QED) is 0.771. The lowest BCUT2D eigenvalue weighted by Crippen LogP contribution is -2.48. The summed E-state index contributed by atoms with van der Waals surface area (Å²) in [6, 6.07) is 5.38. The van der Waals surface area contributed by atoms with E-state index in [1.54, 1.807) is 18.4 Å². The molecule has 3 aromatic rings. The van der Waals surface area contributed by atoms with E-state index in [-0.39, 0.29) is 5.91 Å². The van der Waals surface area contributed by atoms with Crippen LogP contribution in [0.1, 0.15) is 21.7 Å². The molecule has 8 nitrogen and oxygen atoms in total. The maximum atomic E-state index is 12.7. The van der Waals surface area contributed by atoms with Crippen molar-refractivity contribution in [3.63, 3.8) is 0 Å². The molecule has 136 valence electrons. The second-order valence-electron chi connectivity index (χ2n) is 6.63. The molecule has 1 amide bonds. The van der Waals surface area contributed by atoms with Gasteiger partial charge in [0.25, 0.3) is 5.91 Å². The molecule has 4 rings (SSSR count). The van der Waals surface area contributed by atoms with Crippen LogP contribution < -0.4 is 0 Å². The van der Waals surface area contributed by atoms with Crippen molar-refractivity contribution in [3.8, 4) is 11.5 Å². The maximum absolute atomic E-state index is 12.7. The summed E-state index contributed by atoms with van der Waals surface area (Å²) >= 11 is 0. The first-order valence-corrected chi connectivity index (χ1v) is 8.70. The number of nitrogens with one attached hydrogen (secondary N) is 1.